The summed E-state index contributed by atoms with van der Waals surface area (Å²) in [5.41, 5.74) is 0.968. The Morgan fingerprint density at radius 1 is 1.64 bits per heavy atom. The fraction of sp³-hybridized carbons (Fsp3) is 0.250. The number of carbonyl (C=O) groups is 1. The zero-order valence-electron chi connectivity index (χ0n) is 7.42. The van der Waals surface area contributed by atoms with Crippen molar-refractivity contribution in [2.45, 2.75) is 13.3 Å². The molecule has 2 N–H and O–H groups in total. The monoisotopic (exact) mass is 228 g/mol. The van der Waals surface area contributed by atoms with Crippen molar-refractivity contribution in [3.05, 3.63) is 15.7 Å². The van der Waals surface area contributed by atoms with Gasteiger partial charge in [0.1, 0.15) is 5.69 Å². The molecular weight excluding hydrogens is 220 g/mol. The molecule has 0 saturated carbocycles. The van der Waals surface area contributed by atoms with Crippen molar-refractivity contribution in [2.75, 3.05) is 5.32 Å². The molecule has 0 radical (unpaired) electrons. The Morgan fingerprint density at radius 2 is 2.43 bits per heavy atom. The zero-order valence-corrected chi connectivity index (χ0v) is 9.05. The van der Waals surface area contributed by atoms with E-state index in [4.69, 9.17) is 0 Å². The minimum absolute atomic E-state index is 0.138. The summed E-state index contributed by atoms with van der Waals surface area (Å²) in [6.45, 7) is 1.75. The van der Waals surface area contributed by atoms with Crippen LogP contribution in [0.25, 0.3) is 10.6 Å². The minimum atomic E-state index is -0.221. The third-order valence-electron chi connectivity index (χ3n) is 1.83. The maximum Gasteiger partial charge on any atom is 0.273 e. The molecule has 1 amide bonds. The summed E-state index contributed by atoms with van der Waals surface area (Å²) in [5, 5.41) is 4.47. The first kappa shape index (κ1) is 9.42. The SMILES string of the molecule is CCC(=O)Nc1c2sscc-2[nH]c1=O. The first-order chi connectivity index (χ1) is 6.72. The second-order valence-corrected chi connectivity index (χ2v) is 4.85. The molecule has 0 saturated heterocycles. The molecule has 2 heterocycles. The number of hydrogen-bond acceptors (Lipinski definition) is 4. The van der Waals surface area contributed by atoms with E-state index in [1.807, 2.05) is 5.38 Å². The molecule has 0 aromatic heterocycles. The number of rotatable bonds is 2. The predicted octanol–water partition coefficient (Wildman–Crippen LogP) is 1.95. The maximum atomic E-state index is 11.4. The lowest BCUT2D eigenvalue weighted by Crippen LogP contribution is -2.15. The number of anilines is 1. The van der Waals surface area contributed by atoms with E-state index in [9.17, 15) is 9.59 Å². The largest absolute Gasteiger partial charge is 0.320 e. The summed E-state index contributed by atoms with van der Waals surface area (Å²) in [7, 11) is 3.02. The molecule has 2 aliphatic heterocycles. The van der Waals surface area contributed by atoms with E-state index in [1.165, 1.54) is 20.7 Å². The summed E-state index contributed by atoms with van der Waals surface area (Å²) in [4.78, 5) is 26.1. The number of aromatic nitrogens is 1. The van der Waals surface area contributed by atoms with Crippen LogP contribution in [0.15, 0.2) is 10.2 Å². The van der Waals surface area contributed by atoms with Crippen LogP contribution in [0.2, 0.25) is 0 Å². The third kappa shape index (κ3) is 1.46. The van der Waals surface area contributed by atoms with E-state index in [2.05, 4.69) is 10.3 Å². The first-order valence-electron chi connectivity index (χ1n) is 4.11. The number of fused-ring (bicyclic) bond motifs is 1. The van der Waals surface area contributed by atoms with Crippen molar-refractivity contribution >= 4 is 32.3 Å². The highest BCUT2D eigenvalue weighted by Crippen LogP contribution is 2.35. The molecule has 0 aliphatic carbocycles. The fourth-order valence-corrected chi connectivity index (χ4v) is 3.27. The van der Waals surface area contributed by atoms with Gasteiger partial charge in [0.05, 0.1) is 10.6 Å². The van der Waals surface area contributed by atoms with Gasteiger partial charge >= 0.3 is 0 Å². The summed E-state index contributed by atoms with van der Waals surface area (Å²) in [5.74, 6) is -0.138. The van der Waals surface area contributed by atoms with E-state index in [0.29, 0.717) is 12.1 Å². The van der Waals surface area contributed by atoms with Crippen LogP contribution in [0.5, 0.6) is 0 Å². The van der Waals surface area contributed by atoms with Gasteiger partial charge in [-0.25, -0.2) is 0 Å². The van der Waals surface area contributed by atoms with Crippen LogP contribution in [-0.2, 0) is 4.79 Å². The molecule has 0 aromatic carbocycles. The Morgan fingerprint density at radius 3 is 3.14 bits per heavy atom. The predicted molar refractivity (Wildman–Crippen MR) is 58.4 cm³/mol. The van der Waals surface area contributed by atoms with Gasteiger partial charge in [-0.05, 0) is 0 Å². The lowest BCUT2D eigenvalue weighted by Gasteiger charge is -1.98. The van der Waals surface area contributed by atoms with Crippen molar-refractivity contribution in [3.8, 4) is 10.6 Å². The second kappa shape index (κ2) is 3.55. The number of hydrogen-bond donors (Lipinski definition) is 2. The van der Waals surface area contributed by atoms with E-state index in [1.54, 1.807) is 6.92 Å². The average molecular weight is 228 g/mol. The Bertz CT molecular complexity index is 482. The highest BCUT2D eigenvalue weighted by atomic mass is 32.9. The summed E-state index contributed by atoms with van der Waals surface area (Å²) in [6.07, 6.45) is 0.376. The third-order valence-corrected chi connectivity index (χ3v) is 3.93. The van der Waals surface area contributed by atoms with Crippen LogP contribution in [-0.4, -0.2) is 10.9 Å². The standard InChI is InChI=1S/C8H8N2O2S2/c1-2-5(11)10-6-7-4(3-13-14-7)9-8(6)12/h3H,2H2,1H3,(H,9,12)(H,10,11). The van der Waals surface area contributed by atoms with Crippen molar-refractivity contribution in [1.29, 1.82) is 0 Å². The molecule has 14 heavy (non-hydrogen) atoms. The highest BCUT2D eigenvalue weighted by molar-refractivity contribution is 7.70. The zero-order chi connectivity index (χ0) is 10.1. The topological polar surface area (TPSA) is 62.0 Å². The van der Waals surface area contributed by atoms with Crippen molar-refractivity contribution in [2.24, 2.45) is 0 Å². The summed E-state index contributed by atoms with van der Waals surface area (Å²) >= 11 is 0. The molecule has 4 nitrogen and oxygen atoms in total. The molecule has 0 bridgehead atoms. The molecule has 0 aromatic rings. The number of carbonyl (C=O) groups excluding carboxylic acids is 1. The molecule has 74 valence electrons. The minimum Gasteiger partial charge on any atom is -0.320 e. The fourth-order valence-electron chi connectivity index (χ4n) is 1.11. The highest BCUT2D eigenvalue weighted by Gasteiger charge is 2.17. The van der Waals surface area contributed by atoms with Gasteiger partial charge in [-0.1, -0.05) is 27.6 Å². The second-order valence-electron chi connectivity index (χ2n) is 2.77. The van der Waals surface area contributed by atoms with Gasteiger partial charge in [-0.2, -0.15) is 0 Å². The molecule has 0 spiro atoms. The van der Waals surface area contributed by atoms with Gasteiger partial charge in [0.2, 0.25) is 5.91 Å². The molecule has 2 rings (SSSR count). The first-order valence-corrected chi connectivity index (χ1v) is 6.33. The number of nitrogens with one attached hydrogen (secondary N) is 2. The van der Waals surface area contributed by atoms with Crippen LogP contribution in [0.3, 0.4) is 0 Å². The molecule has 0 fully saturated rings. The quantitative estimate of drug-likeness (QED) is 0.772. The number of amides is 1. The lowest BCUT2D eigenvalue weighted by molar-refractivity contribution is -0.115. The van der Waals surface area contributed by atoms with Gasteiger partial charge in [0.25, 0.3) is 5.56 Å². The molecular formula is C8H8N2O2S2. The molecule has 0 atom stereocenters. The van der Waals surface area contributed by atoms with Crippen molar-refractivity contribution in [1.82, 2.24) is 4.98 Å². The van der Waals surface area contributed by atoms with Crippen molar-refractivity contribution < 1.29 is 4.79 Å². The number of H-pyrrole nitrogens is 1. The van der Waals surface area contributed by atoms with Crippen LogP contribution in [0.4, 0.5) is 5.69 Å². The average Bonchev–Trinajstić information content (AvgIpc) is 2.70. The Balaban J connectivity index is 2.42. The summed E-state index contributed by atoms with van der Waals surface area (Å²) in [6, 6.07) is 0. The number of aromatic amines is 1. The van der Waals surface area contributed by atoms with Gasteiger partial charge in [-0.15, -0.1) is 0 Å². The normalized spacial score (nSPS) is 10.6. The maximum absolute atomic E-state index is 11.4. The smallest absolute Gasteiger partial charge is 0.273 e. The van der Waals surface area contributed by atoms with E-state index >= 15 is 0 Å². The van der Waals surface area contributed by atoms with Gasteiger partial charge in [0, 0.05) is 11.8 Å². The Labute approximate surface area is 87.3 Å². The van der Waals surface area contributed by atoms with Crippen LogP contribution >= 0.6 is 20.7 Å². The van der Waals surface area contributed by atoms with Crippen LogP contribution in [0.1, 0.15) is 13.3 Å². The van der Waals surface area contributed by atoms with Crippen LogP contribution in [0, 0.1) is 0 Å². The lowest BCUT2D eigenvalue weighted by atomic mass is 10.3. The molecule has 2 aliphatic rings. The van der Waals surface area contributed by atoms with E-state index < -0.39 is 0 Å². The van der Waals surface area contributed by atoms with Crippen LogP contribution < -0.4 is 10.9 Å². The summed E-state index contributed by atoms with van der Waals surface area (Å²) < 4.78 is 0. The van der Waals surface area contributed by atoms with E-state index in [-0.39, 0.29) is 11.5 Å². The molecule has 0 unspecified atom stereocenters. The molecule has 6 heteroatoms. The Hall–Kier alpha value is -1.14. The van der Waals surface area contributed by atoms with Gasteiger partial charge in [-0.3, -0.25) is 9.59 Å². The van der Waals surface area contributed by atoms with Gasteiger partial charge in [0.15, 0.2) is 0 Å². The Kier molecular flexibility index (Phi) is 2.39. The van der Waals surface area contributed by atoms with E-state index in [0.717, 1.165) is 10.6 Å². The van der Waals surface area contributed by atoms with Crippen molar-refractivity contribution in [3.63, 3.8) is 0 Å². The van der Waals surface area contributed by atoms with Gasteiger partial charge < -0.3 is 10.3 Å².